The second-order valence-electron chi connectivity index (χ2n) is 5.07. The molecule has 3 N–H and O–H groups in total. The van der Waals surface area contributed by atoms with Gasteiger partial charge in [-0.1, -0.05) is 19.1 Å². The molecule has 1 saturated heterocycles. The number of rotatable bonds is 6. The Labute approximate surface area is 110 Å². The molecule has 1 heterocycles. The summed E-state index contributed by atoms with van der Waals surface area (Å²) in [5, 5.41) is 2.41. The molecule has 100 valence electrons. The van der Waals surface area contributed by atoms with E-state index in [-0.39, 0.29) is 0 Å². The molecule has 0 aliphatic carbocycles. The second kappa shape index (κ2) is 7.39. The predicted molar refractivity (Wildman–Crippen MR) is 73.2 cm³/mol. The van der Waals surface area contributed by atoms with Gasteiger partial charge in [0.25, 0.3) is 0 Å². The van der Waals surface area contributed by atoms with Crippen molar-refractivity contribution < 1.29 is 15.0 Å². The van der Waals surface area contributed by atoms with E-state index in [1.165, 1.54) is 38.3 Å². The fourth-order valence-electron chi connectivity index (χ4n) is 2.47. The molecule has 0 atom stereocenters. The smallest absolute Gasteiger partial charge is 0.127 e. The van der Waals surface area contributed by atoms with Gasteiger partial charge in [-0.25, -0.2) is 0 Å². The largest absolute Gasteiger partial charge is 0.493 e. The summed E-state index contributed by atoms with van der Waals surface area (Å²) in [7, 11) is 0. The van der Waals surface area contributed by atoms with Crippen LogP contribution in [0.4, 0.5) is 0 Å². The third-order valence-electron chi connectivity index (χ3n) is 3.68. The molecule has 1 aromatic rings. The summed E-state index contributed by atoms with van der Waals surface area (Å²) < 4.78 is 5.78. The molecule has 0 aromatic heterocycles. The van der Waals surface area contributed by atoms with Crippen LogP contribution in [0.25, 0.3) is 0 Å². The second-order valence-corrected chi connectivity index (χ2v) is 5.07. The van der Waals surface area contributed by atoms with Crippen LogP contribution < -0.4 is 15.0 Å². The molecule has 3 nitrogen and oxygen atoms in total. The molecule has 0 unspecified atom stereocenters. The minimum Gasteiger partial charge on any atom is -0.493 e. The zero-order valence-electron chi connectivity index (χ0n) is 11.5. The Morgan fingerprint density at radius 3 is 2.56 bits per heavy atom. The lowest BCUT2D eigenvalue weighted by atomic mass is 10.2. The van der Waals surface area contributed by atoms with Gasteiger partial charge >= 0.3 is 0 Å². The Hall–Kier alpha value is -1.06. The maximum Gasteiger partial charge on any atom is 0.127 e. The normalized spacial score (nSPS) is 16.7. The van der Waals surface area contributed by atoms with Gasteiger partial charge in [0.05, 0.1) is 13.2 Å². The Morgan fingerprint density at radius 1 is 1.17 bits per heavy atom. The van der Waals surface area contributed by atoms with Gasteiger partial charge in [-0.15, -0.1) is 0 Å². The Morgan fingerprint density at radius 2 is 1.89 bits per heavy atom. The third-order valence-corrected chi connectivity index (χ3v) is 3.68. The van der Waals surface area contributed by atoms with E-state index >= 15 is 0 Å². The van der Waals surface area contributed by atoms with Crippen molar-refractivity contribution in [3.8, 4) is 5.75 Å². The van der Waals surface area contributed by atoms with Crippen molar-refractivity contribution in [2.24, 2.45) is 0 Å². The molecule has 0 spiro atoms. The van der Waals surface area contributed by atoms with Gasteiger partial charge in [0.2, 0.25) is 0 Å². The van der Waals surface area contributed by atoms with E-state index in [9.17, 15) is 0 Å². The molecule has 3 heteroatoms. The molecular formula is C15H26N2O+2. The van der Waals surface area contributed by atoms with Crippen molar-refractivity contribution in [3.05, 3.63) is 29.8 Å². The summed E-state index contributed by atoms with van der Waals surface area (Å²) in [4.78, 5) is 1.74. The predicted octanol–water partition coefficient (Wildman–Crippen LogP) is -0.520. The highest BCUT2D eigenvalue weighted by molar-refractivity contribution is 5.27. The number of benzene rings is 1. The number of hydrogen-bond acceptors (Lipinski definition) is 1. The lowest BCUT2D eigenvalue weighted by Gasteiger charge is -2.22. The molecule has 0 radical (unpaired) electrons. The molecule has 18 heavy (non-hydrogen) atoms. The van der Waals surface area contributed by atoms with Gasteiger partial charge in [0.15, 0.2) is 0 Å². The lowest BCUT2D eigenvalue weighted by Crippen LogP contribution is -3.20. The van der Waals surface area contributed by atoms with Gasteiger partial charge in [-0.2, -0.15) is 0 Å². The van der Waals surface area contributed by atoms with Crippen LogP contribution in [0.2, 0.25) is 0 Å². The third kappa shape index (κ3) is 4.31. The number of ether oxygens (including phenoxy) is 1. The van der Waals surface area contributed by atoms with Crippen LogP contribution in [-0.4, -0.2) is 39.3 Å². The van der Waals surface area contributed by atoms with Gasteiger partial charge in [-0.3, -0.25) is 0 Å². The van der Waals surface area contributed by atoms with E-state index in [0.29, 0.717) is 0 Å². The van der Waals surface area contributed by atoms with Crippen molar-refractivity contribution in [2.45, 2.75) is 19.8 Å². The molecule has 1 aliphatic heterocycles. The molecule has 1 aromatic carbocycles. The zero-order chi connectivity index (χ0) is 12.6. The van der Waals surface area contributed by atoms with Crippen LogP contribution in [0, 0.1) is 0 Å². The minimum absolute atomic E-state index is 0.846. The first-order valence-electron chi connectivity index (χ1n) is 7.25. The highest BCUT2D eigenvalue weighted by Gasteiger charge is 2.14. The van der Waals surface area contributed by atoms with Gasteiger partial charge in [-0.05, 0) is 24.1 Å². The van der Waals surface area contributed by atoms with Crippen molar-refractivity contribution in [3.63, 3.8) is 0 Å². The average molecular weight is 250 g/mol. The number of nitrogens with two attached hydrogens (primary N) is 1. The van der Waals surface area contributed by atoms with Gasteiger partial charge in [0.1, 0.15) is 31.9 Å². The number of piperazine rings is 1. The quantitative estimate of drug-likeness (QED) is 0.654. The van der Waals surface area contributed by atoms with Crippen LogP contribution in [-0.2, 0) is 6.42 Å². The first-order chi connectivity index (χ1) is 8.88. The first-order valence-corrected chi connectivity index (χ1v) is 7.25. The summed E-state index contributed by atoms with van der Waals surface area (Å²) in [6.45, 7) is 9.47. The SMILES string of the molecule is CCc1ccc(OCCC[NH+]2CC[NH2+]CC2)cc1. The molecule has 0 bridgehead atoms. The molecule has 0 saturated carbocycles. The van der Waals surface area contributed by atoms with Crippen LogP contribution in [0.15, 0.2) is 24.3 Å². The van der Waals surface area contributed by atoms with E-state index in [1.54, 1.807) is 4.90 Å². The summed E-state index contributed by atoms with van der Waals surface area (Å²) in [6.07, 6.45) is 2.25. The highest BCUT2D eigenvalue weighted by Crippen LogP contribution is 2.12. The van der Waals surface area contributed by atoms with Crippen molar-refractivity contribution in [1.82, 2.24) is 0 Å². The fraction of sp³-hybridized carbons (Fsp3) is 0.600. The molecule has 1 aliphatic rings. The monoisotopic (exact) mass is 250 g/mol. The first kappa shape index (κ1) is 13.4. The lowest BCUT2D eigenvalue weighted by molar-refractivity contribution is -0.946. The van der Waals surface area contributed by atoms with E-state index in [2.05, 4.69) is 36.5 Å². The summed E-state index contributed by atoms with van der Waals surface area (Å²) in [6, 6.07) is 8.48. The summed E-state index contributed by atoms with van der Waals surface area (Å²) >= 11 is 0. The Balaban J connectivity index is 1.62. The zero-order valence-corrected chi connectivity index (χ0v) is 11.5. The average Bonchev–Trinajstić information content (AvgIpc) is 2.45. The minimum atomic E-state index is 0.846. The van der Waals surface area contributed by atoms with Crippen LogP contribution >= 0.6 is 0 Å². The molecule has 1 fully saturated rings. The van der Waals surface area contributed by atoms with Crippen LogP contribution in [0.3, 0.4) is 0 Å². The van der Waals surface area contributed by atoms with E-state index in [4.69, 9.17) is 4.74 Å². The maximum atomic E-state index is 5.78. The standard InChI is InChI=1S/C15H24N2O/c1-2-14-4-6-15(7-5-14)18-13-3-10-17-11-8-16-9-12-17/h4-7,16H,2-3,8-13H2,1H3/p+2. The summed E-state index contributed by atoms with van der Waals surface area (Å²) in [5.74, 6) is 1.01. The number of hydrogen-bond donors (Lipinski definition) is 2. The van der Waals surface area contributed by atoms with Crippen LogP contribution in [0.5, 0.6) is 5.75 Å². The highest BCUT2D eigenvalue weighted by atomic mass is 16.5. The molecule has 0 amide bonds. The van der Waals surface area contributed by atoms with Gasteiger partial charge < -0.3 is 15.0 Å². The maximum absolute atomic E-state index is 5.78. The Kier molecular flexibility index (Phi) is 5.49. The molecular weight excluding hydrogens is 224 g/mol. The van der Waals surface area contributed by atoms with Crippen molar-refractivity contribution >= 4 is 0 Å². The number of nitrogens with one attached hydrogen (secondary N) is 1. The summed E-state index contributed by atoms with van der Waals surface area (Å²) in [5.41, 5.74) is 1.37. The van der Waals surface area contributed by atoms with Crippen molar-refractivity contribution in [1.29, 1.82) is 0 Å². The van der Waals surface area contributed by atoms with E-state index in [0.717, 1.165) is 25.2 Å². The topological polar surface area (TPSA) is 30.3 Å². The molecule has 2 rings (SSSR count). The Bertz CT molecular complexity index is 331. The van der Waals surface area contributed by atoms with E-state index < -0.39 is 0 Å². The van der Waals surface area contributed by atoms with Crippen LogP contribution in [0.1, 0.15) is 18.9 Å². The number of quaternary nitrogens is 2. The van der Waals surface area contributed by atoms with Gasteiger partial charge in [0, 0.05) is 6.42 Å². The van der Waals surface area contributed by atoms with Crippen molar-refractivity contribution in [2.75, 3.05) is 39.3 Å². The van der Waals surface area contributed by atoms with E-state index in [1.807, 2.05) is 0 Å². The number of aryl methyl sites for hydroxylation is 1. The fourth-order valence-corrected chi connectivity index (χ4v) is 2.47.